The second kappa shape index (κ2) is 7.27. The Bertz CT molecular complexity index is 805. The highest BCUT2D eigenvalue weighted by Gasteiger charge is 2.40. The van der Waals surface area contributed by atoms with Crippen molar-refractivity contribution < 1.29 is 14.4 Å². The summed E-state index contributed by atoms with van der Waals surface area (Å²) >= 11 is 0. The van der Waals surface area contributed by atoms with Crippen molar-refractivity contribution in [1.29, 1.82) is 0 Å². The molecule has 2 aromatic rings. The molecule has 1 saturated heterocycles. The van der Waals surface area contributed by atoms with Crippen LogP contribution in [0.25, 0.3) is 0 Å². The first-order valence-electron chi connectivity index (χ1n) is 8.17. The molecule has 0 spiro atoms. The molecule has 0 saturated carbocycles. The molecule has 1 fully saturated rings. The van der Waals surface area contributed by atoms with E-state index in [1.807, 2.05) is 25.1 Å². The number of nitrogens with zero attached hydrogens (tertiary/aromatic N) is 1. The highest BCUT2D eigenvalue weighted by Crippen LogP contribution is 2.26. The van der Waals surface area contributed by atoms with Gasteiger partial charge in [0.2, 0.25) is 5.91 Å². The molecule has 1 heterocycles. The molecular weight excluding hydrogens is 318 g/mol. The quantitative estimate of drug-likeness (QED) is 0.644. The third kappa shape index (κ3) is 3.44. The van der Waals surface area contributed by atoms with E-state index in [9.17, 15) is 14.4 Å². The van der Waals surface area contributed by atoms with Gasteiger partial charge in [0.25, 0.3) is 11.8 Å². The van der Waals surface area contributed by atoms with Crippen molar-refractivity contribution in [2.45, 2.75) is 25.8 Å². The van der Waals surface area contributed by atoms with Gasteiger partial charge in [-0.15, -0.1) is 0 Å². The molecule has 6 heteroatoms. The van der Waals surface area contributed by atoms with Crippen LogP contribution >= 0.6 is 0 Å². The van der Waals surface area contributed by atoms with Crippen LogP contribution in [0.3, 0.4) is 0 Å². The number of anilines is 1. The molecule has 2 aromatic carbocycles. The zero-order valence-electron chi connectivity index (χ0n) is 13.9. The molecule has 3 rings (SSSR count). The third-order valence-corrected chi connectivity index (χ3v) is 4.16. The summed E-state index contributed by atoms with van der Waals surface area (Å²) < 4.78 is 0. The molecule has 0 unspecified atom stereocenters. The van der Waals surface area contributed by atoms with Gasteiger partial charge >= 0.3 is 0 Å². The van der Waals surface area contributed by atoms with E-state index in [0.29, 0.717) is 11.3 Å². The standard InChI is InChI=1S/C19H19N3O3/c1-2-13-8-6-7-11-16(13)22-17(23)12-15(19(22)25)20-21-18(24)14-9-4-3-5-10-14/h3-11,15,20H,2,12H2,1H3,(H,21,24)/t15-/m1/s1. The van der Waals surface area contributed by atoms with Crippen molar-refractivity contribution in [3.05, 3.63) is 65.7 Å². The van der Waals surface area contributed by atoms with Crippen LogP contribution < -0.4 is 15.8 Å². The number of rotatable bonds is 5. The monoisotopic (exact) mass is 337 g/mol. The van der Waals surface area contributed by atoms with E-state index in [2.05, 4.69) is 10.9 Å². The SMILES string of the molecule is CCc1ccccc1N1C(=O)C[C@@H](NNC(=O)c2ccccc2)C1=O. The first-order chi connectivity index (χ1) is 12.1. The van der Waals surface area contributed by atoms with Crippen molar-refractivity contribution >= 4 is 23.4 Å². The largest absolute Gasteiger partial charge is 0.287 e. The lowest BCUT2D eigenvalue weighted by Gasteiger charge is -2.18. The van der Waals surface area contributed by atoms with Crippen molar-refractivity contribution in [3.8, 4) is 0 Å². The molecule has 3 amide bonds. The van der Waals surface area contributed by atoms with Gasteiger partial charge in [-0.05, 0) is 30.2 Å². The number of carbonyl (C=O) groups is 3. The number of para-hydroxylation sites is 1. The zero-order chi connectivity index (χ0) is 17.8. The van der Waals surface area contributed by atoms with Crippen LogP contribution in [0.4, 0.5) is 5.69 Å². The summed E-state index contributed by atoms with van der Waals surface area (Å²) in [5.41, 5.74) is 7.20. The first kappa shape index (κ1) is 16.9. The van der Waals surface area contributed by atoms with E-state index >= 15 is 0 Å². The van der Waals surface area contributed by atoms with Crippen LogP contribution in [0.5, 0.6) is 0 Å². The van der Waals surface area contributed by atoms with Crippen molar-refractivity contribution in [1.82, 2.24) is 10.9 Å². The third-order valence-electron chi connectivity index (χ3n) is 4.16. The minimum absolute atomic E-state index is 0.00590. The van der Waals surface area contributed by atoms with Crippen molar-refractivity contribution in [2.75, 3.05) is 4.90 Å². The van der Waals surface area contributed by atoms with Crippen LogP contribution in [0.1, 0.15) is 29.3 Å². The Labute approximate surface area is 145 Å². The number of imide groups is 1. The maximum atomic E-state index is 12.6. The Morgan fingerprint density at radius 1 is 1.08 bits per heavy atom. The minimum Gasteiger partial charge on any atom is -0.287 e. The van der Waals surface area contributed by atoms with Gasteiger partial charge < -0.3 is 0 Å². The molecule has 0 aliphatic carbocycles. The number of benzene rings is 2. The maximum absolute atomic E-state index is 12.6. The first-order valence-corrected chi connectivity index (χ1v) is 8.17. The van der Waals surface area contributed by atoms with E-state index in [1.54, 1.807) is 36.4 Å². The summed E-state index contributed by atoms with van der Waals surface area (Å²) in [5, 5.41) is 0. The molecule has 128 valence electrons. The number of aryl methyl sites for hydroxylation is 1. The lowest BCUT2D eigenvalue weighted by Crippen LogP contribution is -2.48. The smallest absolute Gasteiger partial charge is 0.265 e. The topological polar surface area (TPSA) is 78.5 Å². The molecule has 1 atom stereocenters. The summed E-state index contributed by atoms with van der Waals surface area (Å²) in [6.45, 7) is 1.97. The summed E-state index contributed by atoms with van der Waals surface area (Å²) in [5.74, 6) is -0.995. The predicted octanol–water partition coefficient (Wildman–Crippen LogP) is 1.82. The predicted molar refractivity (Wildman–Crippen MR) is 93.8 cm³/mol. The molecule has 0 radical (unpaired) electrons. The Morgan fingerprint density at radius 2 is 1.76 bits per heavy atom. The fraction of sp³-hybridized carbons (Fsp3) is 0.211. The van der Waals surface area contributed by atoms with Gasteiger partial charge in [-0.2, -0.15) is 0 Å². The number of hydrogen-bond acceptors (Lipinski definition) is 4. The van der Waals surface area contributed by atoms with Gasteiger partial charge in [0.1, 0.15) is 6.04 Å². The van der Waals surface area contributed by atoms with E-state index in [1.165, 1.54) is 4.90 Å². The van der Waals surface area contributed by atoms with E-state index in [4.69, 9.17) is 0 Å². The van der Waals surface area contributed by atoms with Crippen molar-refractivity contribution in [3.63, 3.8) is 0 Å². The summed E-state index contributed by atoms with van der Waals surface area (Å²) in [6.07, 6.45) is 0.724. The van der Waals surface area contributed by atoms with Crippen molar-refractivity contribution in [2.24, 2.45) is 0 Å². The Balaban J connectivity index is 1.70. The highest BCUT2D eigenvalue weighted by molar-refractivity contribution is 6.22. The van der Waals surface area contributed by atoms with Gasteiger partial charge in [-0.3, -0.25) is 19.8 Å². The van der Waals surface area contributed by atoms with Crippen LogP contribution in [0, 0.1) is 0 Å². The van der Waals surface area contributed by atoms with Gasteiger partial charge in [-0.1, -0.05) is 43.3 Å². The van der Waals surface area contributed by atoms with E-state index in [-0.39, 0.29) is 24.1 Å². The van der Waals surface area contributed by atoms with E-state index < -0.39 is 6.04 Å². The average Bonchev–Trinajstić information content (AvgIpc) is 2.93. The van der Waals surface area contributed by atoms with Gasteiger partial charge in [-0.25, -0.2) is 10.3 Å². The molecular formula is C19H19N3O3. The maximum Gasteiger partial charge on any atom is 0.265 e. The molecule has 2 N–H and O–H groups in total. The number of hydrogen-bond donors (Lipinski definition) is 2. The number of hydrazine groups is 1. The molecule has 1 aliphatic heterocycles. The molecule has 0 bridgehead atoms. The fourth-order valence-corrected chi connectivity index (χ4v) is 2.84. The van der Waals surface area contributed by atoms with Crippen LogP contribution in [0.2, 0.25) is 0 Å². The van der Waals surface area contributed by atoms with Crippen LogP contribution in [-0.4, -0.2) is 23.8 Å². The second-order valence-electron chi connectivity index (χ2n) is 5.77. The average molecular weight is 337 g/mol. The number of amides is 3. The Morgan fingerprint density at radius 3 is 2.48 bits per heavy atom. The van der Waals surface area contributed by atoms with Gasteiger partial charge in [0.15, 0.2) is 0 Å². The van der Waals surface area contributed by atoms with E-state index in [0.717, 1.165) is 12.0 Å². The molecule has 0 aromatic heterocycles. The van der Waals surface area contributed by atoms with Crippen LogP contribution in [-0.2, 0) is 16.0 Å². The molecule has 6 nitrogen and oxygen atoms in total. The second-order valence-corrected chi connectivity index (χ2v) is 5.77. The lowest BCUT2D eigenvalue weighted by atomic mass is 10.1. The summed E-state index contributed by atoms with van der Waals surface area (Å²) in [6, 6.07) is 15.2. The molecule has 25 heavy (non-hydrogen) atoms. The minimum atomic E-state index is -0.773. The fourth-order valence-electron chi connectivity index (χ4n) is 2.84. The van der Waals surface area contributed by atoms with Gasteiger partial charge in [0.05, 0.1) is 12.1 Å². The lowest BCUT2D eigenvalue weighted by molar-refractivity contribution is -0.121. The zero-order valence-corrected chi connectivity index (χ0v) is 13.9. The Kier molecular flexibility index (Phi) is 4.90. The Hall–Kier alpha value is -2.99. The number of nitrogens with one attached hydrogen (secondary N) is 2. The summed E-state index contributed by atoms with van der Waals surface area (Å²) in [7, 11) is 0. The normalized spacial score (nSPS) is 17.0. The summed E-state index contributed by atoms with van der Waals surface area (Å²) in [4.78, 5) is 38.2. The van der Waals surface area contributed by atoms with Crippen LogP contribution in [0.15, 0.2) is 54.6 Å². The van der Waals surface area contributed by atoms with Gasteiger partial charge in [0, 0.05) is 5.56 Å². The highest BCUT2D eigenvalue weighted by atomic mass is 16.2. The molecule has 1 aliphatic rings. The number of carbonyl (C=O) groups excluding carboxylic acids is 3.